The summed E-state index contributed by atoms with van der Waals surface area (Å²) in [6.45, 7) is 8.56. The minimum absolute atomic E-state index is 0.00205. The van der Waals surface area contributed by atoms with Crippen molar-refractivity contribution in [1.29, 1.82) is 0 Å². The smallest absolute Gasteiger partial charge is 0.216 e. The summed E-state index contributed by atoms with van der Waals surface area (Å²) in [5.74, 6) is 1.99. The first kappa shape index (κ1) is 20.6. The molecule has 0 radical (unpaired) electrons. The predicted molar refractivity (Wildman–Crippen MR) is 105 cm³/mol. The maximum absolute atomic E-state index is 10.8. The van der Waals surface area contributed by atoms with Crippen LogP contribution in [0.5, 0.6) is 11.5 Å². The number of ether oxygens (including phenoxy) is 1. The molecule has 27 heavy (non-hydrogen) atoms. The minimum Gasteiger partial charge on any atom is -0.507 e. The first-order valence-corrected chi connectivity index (χ1v) is 9.47. The Hall–Kier alpha value is -2.70. The number of aromatic nitrogens is 1. The van der Waals surface area contributed by atoms with Crippen molar-refractivity contribution in [2.45, 2.75) is 40.0 Å². The fraction of sp³-hybridized carbons (Fsp3) is 0.500. The number of benzene rings is 1. The van der Waals surface area contributed by atoms with Crippen LogP contribution in [0.15, 0.2) is 28.8 Å². The fourth-order valence-electron chi connectivity index (χ4n) is 2.76. The van der Waals surface area contributed by atoms with Crippen molar-refractivity contribution < 1.29 is 19.2 Å². The summed E-state index contributed by atoms with van der Waals surface area (Å²) in [5, 5.41) is 17.2. The summed E-state index contributed by atoms with van der Waals surface area (Å²) in [7, 11) is 0. The highest BCUT2D eigenvalue weighted by atomic mass is 16.5. The molecule has 0 aliphatic rings. The molecule has 148 valence electrons. The van der Waals surface area contributed by atoms with Gasteiger partial charge in [0.15, 0.2) is 11.6 Å². The van der Waals surface area contributed by atoms with Gasteiger partial charge in [-0.25, -0.2) is 0 Å². The summed E-state index contributed by atoms with van der Waals surface area (Å²) >= 11 is 0. The second-order valence-electron chi connectivity index (χ2n) is 6.29. The van der Waals surface area contributed by atoms with Crippen molar-refractivity contribution in [3.63, 3.8) is 0 Å². The van der Waals surface area contributed by atoms with Gasteiger partial charge in [-0.1, -0.05) is 5.16 Å². The Morgan fingerprint density at radius 2 is 2.00 bits per heavy atom. The highest BCUT2D eigenvalue weighted by Crippen LogP contribution is 2.34. The third-order valence-corrected chi connectivity index (χ3v) is 4.28. The highest BCUT2D eigenvalue weighted by Gasteiger charge is 2.14. The molecule has 0 saturated carbocycles. The van der Waals surface area contributed by atoms with Crippen LogP contribution in [0.4, 0.5) is 5.82 Å². The van der Waals surface area contributed by atoms with Crippen LogP contribution in [0, 0.1) is 0 Å². The van der Waals surface area contributed by atoms with Crippen LogP contribution in [-0.4, -0.2) is 42.4 Å². The van der Waals surface area contributed by atoms with E-state index in [1.165, 1.54) is 6.92 Å². The second-order valence-corrected chi connectivity index (χ2v) is 6.29. The van der Waals surface area contributed by atoms with Gasteiger partial charge >= 0.3 is 0 Å². The van der Waals surface area contributed by atoms with Gasteiger partial charge in [0.1, 0.15) is 11.5 Å². The van der Waals surface area contributed by atoms with Crippen LogP contribution in [0.25, 0.3) is 11.3 Å². The molecule has 1 aromatic carbocycles. The number of amides is 1. The zero-order chi connectivity index (χ0) is 19.6. The molecule has 2 N–H and O–H groups in total. The van der Waals surface area contributed by atoms with Gasteiger partial charge in [0.2, 0.25) is 5.91 Å². The van der Waals surface area contributed by atoms with Crippen molar-refractivity contribution in [1.82, 2.24) is 10.5 Å². The summed E-state index contributed by atoms with van der Waals surface area (Å²) in [6, 6.07) is 7.00. The fourth-order valence-corrected chi connectivity index (χ4v) is 2.76. The van der Waals surface area contributed by atoms with Crippen molar-refractivity contribution >= 4 is 11.7 Å². The van der Waals surface area contributed by atoms with Crippen molar-refractivity contribution in [3.8, 4) is 22.8 Å². The van der Waals surface area contributed by atoms with Crippen molar-refractivity contribution in [2.75, 3.05) is 31.1 Å². The molecule has 1 heterocycles. The lowest BCUT2D eigenvalue weighted by Crippen LogP contribution is -2.21. The van der Waals surface area contributed by atoms with Gasteiger partial charge in [0.05, 0.1) is 12.2 Å². The summed E-state index contributed by atoms with van der Waals surface area (Å²) < 4.78 is 11.1. The third kappa shape index (κ3) is 6.20. The van der Waals surface area contributed by atoms with E-state index in [1.807, 2.05) is 12.1 Å². The largest absolute Gasteiger partial charge is 0.507 e. The number of phenolic OH excluding ortho intramolecular Hbond substituents is 1. The average molecular weight is 375 g/mol. The lowest BCUT2D eigenvalue weighted by molar-refractivity contribution is -0.118. The average Bonchev–Trinajstić information content (AvgIpc) is 3.11. The number of carbonyl (C=O) groups is 1. The van der Waals surface area contributed by atoms with Crippen molar-refractivity contribution in [3.05, 3.63) is 24.3 Å². The Labute approximate surface area is 160 Å². The SMILES string of the molecule is CCN(CC)c1cc(-c2ccc(OCCCCCNC(C)=O)cc2O)on1. The monoisotopic (exact) mass is 375 g/mol. The lowest BCUT2D eigenvalue weighted by Gasteiger charge is -2.15. The van der Waals surface area contributed by atoms with E-state index in [4.69, 9.17) is 9.26 Å². The Morgan fingerprint density at radius 1 is 1.22 bits per heavy atom. The lowest BCUT2D eigenvalue weighted by atomic mass is 10.1. The Balaban J connectivity index is 1.86. The quantitative estimate of drug-likeness (QED) is 0.584. The van der Waals surface area contributed by atoms with Gasteiger partial charge in [-0.15, -0.1) is 0 Å². The first-order valence-electron chi connectivity index (χ1n) is 9.47. The molecule has 7 nitrogen and oxygen atoms in total. The normalized spacial score (nSPS) is 10.6. The van der Waals surface area contributed by atoms with E-state index in [0.29, 0.717) is 30.2 Å². The van der Waals surface area contributed by atoms with E-state index >= 15 is 0 Å². The molecule has 0 saturated heterocycles. The molecule has 2 aromatic rings. The molecule has 0 fully saturated rings. The Kier molecular flexibility index (Phi) is 7.98. The number of nitrogens with one attached hydrogen (secondary N) is 1. The number of hydrogen-bond donors (Lipinski definition) is 2. The van der Waals surface area contributed by atoms with Crippen LogP contribution in [0.3, 0.4) is 0 Å². The summed E-state index contributed by atoms with van der Waals surface area (Å²) in [5.41, 5.74) is 0.587. The highest BCUT2D eigenvalue weighted by molar-refractivity contribution is 5.72. The Bertz CT molecular complexity index is 726. The number of carbonyl (C=O) groups excluding carboxylic acids is 1. The molecule has 0 aliphatic heterocycles. The second kappa shape index (κ2) is 10.4. The summed E-state index contributed by atoms with van der Waals surface area (Å²) in [4.78, 5) is 12.8. The van der Waals surface area contributed by atoms with Crippen LogP contribution in [0.2, 0.25) is 0 Å². The summed E-state index contributed by atoms with van der Waals surface area (Å²) in [6.07, 6.45) is 2.78. The molecule has 0 bridgehead atoms. The van der Waals surface area contributed by atoms with Crippen LogP contribution < -0.4 is 15.0 Å². The van der Waals surface area contributed by atoms with Crippen LogP contribution in [0.1, 0.15) is 40.0 Å². The molecule has 0 atom stereocenters. The number of rotatable bonds is 11. The number of anilines is 1. The zero-order valence-corrected chi connectivity index (χ0v) is 16.3. The van der Waals surface area contributed by atoms with E-state index in [2.05, 4.69) is 29.2 Å². The topological polar surface area (TPSA) is 87.8 Å². The van der Waals surface area contributed by atoms with E-state index in [0.717, 1.165) is 38.2 Å². The maximum atomic E-state index is 10.8. The molecule has 1 aromatic heterocycles. The molecule has 2 rings (SSSR count). The van der Waals surface area contributed by atoms with E-state index in [-0.39, 0.29) is 11.7 Å². The zero-order valence-electron chi connectivity index (χ0n) is 16.3. The minimum atomic E-state index is -0.00205. The third-order valence-electron chi connectivity index (χ3n) is 4.28. The molecule has 0 aliphatic carbocycles. The van der Waals surface area contributed by atoms with E-state index < -0.39 is 0 Å². The van der Waals surface area contributed by atoms with Crippen LogP contribution >= 0.6 is 0 Å². The van der Waals surface area contributed by atoms with Gasteiger partial charge in [-0.2, -0.15) is 0 Å². The van der Waals surface area contributed by atoms with Gasteiger partial charge in [-0.3, -0.25) is 4.79 Å². The van der Waals surface area contributed by atoms with Gasteiger partial charge in [-0.05, 0) is 45.2 Å². The van der Waals surface area contributed by atoms with Gasteiger partial charge in [0, 0.05) is 38.7 Å². The first-order chi connectivity index (χ1) is 13.0. The maximum Gasteiger partial charge on any atom is 0.216 e. The molecule has 0 unspecified atom stereocenters. The number of aromatic hydroxyl groups is 1. The molecular weight excluding hydrogens is 346 g/mol. The number of hydrogen-bond acceptors (Lipinski definition) is 6. The van der Waals surface area contributed by atoms with Crippen molar-refractivity contribution in [2.24, 2.45) is 0 Å². The molecule has 7 heteroatoms. The predicted octanol–water partition coefficient (Wildman–Crippen LogP) is 3.58. The van der Waals surface area contributed by atoms with E-state index in [9.17, 15) is 9.90 Å². The molecule has 0 spiro atoms. The number of nitrogens with zero attached hydrogens (tertiary/aromatic N) is 2. The number of unbranched alkanes of at least 4 members (excludes halogenated alkanes) is 2. The number of phenols is 1. The van der Waals surface area contributed by atoms with Gasteiger partial charge < -0.3 is 24.6 Å². The van der Waals surface area contributed by atoms with E-state index in [1.54, 1.807) is 12.1 Å². The van der Waals surface area contributed by atoms with Gasteiger partial charge in [0.25, 0.3) is 0 Å². The van der Waals surface area contributed by atoms with Crippen LogP contribution in [-0.2, 0) is 4.79 Å². The molecule has 1 amide bonds. The Morgan fingerprint density at radius 3 is 2.67 bits per heavy atom. The molecular formula is C20H29N3O4. The standard InChI is InChI=1S/C20H29N3O4/c1-4-23(5-2)20-14-19(27-22-20)17-10-9-16(13-18(17)25)26-12-8-6-7-11-21-15(3)24/h9-10,13-14,25H,4-8,11-12H2,1-3H3,(H,21,24).